The first-order valence-corrected chi connectivity index (χ1v) is 9.62. The van der Waals surface area contributed by atoms with E-state index in [1.165, 1.54) is 37.6 Å². The van der Waals surface area contributed by atoms with Crippen molar-refractivity contribution in [1.82, 2.24) is 14.7 Å². The lowest BCUT2D eigenvalue weighted by atomic mass is 10.2. The molecule has 0 aliphatic heterocycles. The van der Waals surface area contributed by atoms with Gasteiger partial charge in [-0.25, -0.2) is 23.1 Å². The van der Waals surface area contributed by atoms with Crippen molar-refractivity contribution in [2.75, 3.05) is 31.4 Å². The van der Waals surface area contributed by atoms with Gasteiger partial charge in [0.2, 0.25) is 10.0 Å². The summed E-state index contributed by atoms with van der Waals surface area (Å²) in [6, 6.07) is 8.97. The number of aromatic nitrogens is 2. The van der Waals surface area contributed by atoms with E-state index >= 15 is 0 Å². The smallest absolute Gasteiger partial charge is 0.271 e. The van der Waals surface area contributed by atoms with Crippen molar-refractivity contribution in [3.63, 3.8) is 0 Å². The minimum absolute atomic E-state index is 0.0757. The Morgan fingerprint density at radius 1 is 1.11 bits per heavy atom. The fourth-order valence-corrected chi connectivity index (χ4v) is 3.43. The lowest BCUT2D eigenvalue weighted by Crippen LogP contribution is -2.19. The van der Waals surface area contributed by atoms with E-state index < -0.39 is 14.9 Å². The predicted octanol–water partition coefficient (Wildman–Crippen LogP) is 2.26. The van der Waals surface area contributed by atoms with Gasteiger partial charge in [-0.15, -0.1) is 0 Å². The van der Waals surface area contributed by atoms with E-state index in [-0.39, 0.29) is 10.6 Å². The Labute approximate surface area is 161 Å². The summed E-state index contributed by atoms with van der Waals surface area (Å²) < 4.78 is 26.6. The minimum atomic E-state index is -3.63. The normalized spacial score (nSPS) is 11.4. The summed E-state index contributed by atoms with van der Waals surface area (Å²) in [6.45, 7) is 0. The summed E-state index contributed by atoms with van der Waals surface area (Å²) in [5, 5.41) is 14.7. The van der Waals surface area contributed by atoms with Gasteiger partial charge in [-0.3, -0.25) is 10.1 Å². The number of non-ortho nitro benzene ring substituents is 1. The van der Waals surface area contributed by atoms with Crippen molar-refractivity contribution in [3.8, 4) is 0 Å². The van der Waals surface area contributed by atoms with E-state index in [1.807, 2.05) is 19.0 Å². The van der Waals surface area contributed by atoms with Crippen LogP contribution in [0.2, 0.25) is 0 Å². The Morgan fingerprint density at radius 3 is 2.50 bits per heavy atom. The Balaban J connectivity index is 2.12. The van der Waals surface area contributed by atoms with Gasteiger partial charge < -0.3 is 10.2 Å². The van der Waals surface area contributed by atoms with Gasteiger partial charge >= 0.3 is 0 Å². The van der Waals surface area contributed by atoms with E-state index in [0.717, 1.165) is 5.69 Å². The Kier molecular flexibility index (Phi) is 5.12. The molecule has 0 fully saturated rings. The largest absolute Gasteiger partial charge is 0.376 e. The summed E-state index contributed by atoms with van der Waals surface area (Å²) in [6.07, 6.45) is 1.29. The van der Waals surface area contributed by atoms with Crippen molar-refractivity contribution in [2.24, 2.45) is 0 Å². The molecular formula is C17H18N6O4S. The second-order valence-corrected chi connectivity index (χ2v) is 7.97. The van der Waals surface area contributed by atoms with Gasteiger partial charge in [-0.2, -0.15) is 0 Å². The summed E-state index contributed by atoms with van der Waals surface area (Å²) in [5.74, 6) is 0.405. The standard InChI is InChI=1S/C17H18N6O4S/c1-18-28(26,27)12-5-7-16(22(2)3)15(9-12)21-17-13-6-4-11(23(24)25)8-14(13)19-10-20-17/h4-10,18H,1-3H3,(H,19,20,21). The number of nitrogens with zero attached hydrogens (tertiary/aromatic N) is 4. The highest BCUT2D eigenvalue weighted by Crippen LogP contribution is 2.32. The molecule has 0 radical (unpaired) electrons. The maximum atomic E-state index is 12.2. The zero-order valence-corrected chi connectivity index (χ0v) is 16.2. The molecule has 0 saturated heterocycles. The number of benzene rings is 2. The molecule has 0 atom stereocenters. The number of fused-ring (bicyclic) bond motifs is 1. The number of anilines is 3. The number of hydrogen-bond donors (Lipinski definition) is 2. The van der Waals surface area contributed by atoms with Gasteiger partial charge in [0, 0.05) is 31.6 Å². The van der Waals surface area contributed by atoms with Gasteiger partial charge in [0.05, 0.1) is 26.7 Å². The topological polar surface area (TPSA) is 130 Å². The van der Waals surface area contributed by atoms with Crippen LogP contribution in [0.1, 0.15) is 0 Å². The monoisotopic (exact) mass is 402 g/mol. The van der Waals surface area contributed by atoms with Gasteiger partial charge in [-0.05, 0) is 31.3 Å². The second-order valence-electron chi connectivity index (χ2n) is 6.09. The molecule has 0 aliphatic rings. The van der Waals surface area contributed by atoms with E-state index in [4.69, 9.17) is 0 Å². The summed E-state index contributed by atoms with van der Waals surface area (Å²) in [5.41, 5.74) is 1.58. The molecule has 2 N–H and O–H groups in total. The lowest BCUT2D eigenvalue weighted by molar-refractivity contribution is -0.384. The van der Waals surface area contributed by atoms with Crippen molar-refractivity contribution < 1.29 is 13.3 Å². The van der Waals surface area contributed by atoms with E-state index in [2.05, 4.69) is 20.0 Å². The Morgan fingerprint density at radius 2 is 1.86 bits per heavy atom. The van der Waals surface area contributed by atoms with Crippen LogP contribution in [0.3, 0.4) is 0 Å². The molecule has 3 rings (SSSR count). The van der Waals surface area contributed by atoms with E-state index in [1.54, 1.807) is 12.1 Å². The third-order valence-electron chi connectivity index (χ3n) is 4.11. The summed E-state index contributed by atoms with van der Waals surface area (Å²) in [7, 11) is 1.37. The number of rotatable bonds is 6. The highest BCUT2D eigenvalue weighted by atomic mass is 32.2. The van der Waals surface area contributed by atoms with E-state index in [9.17, 15) is 18.5 Å². The number of nitro benzene ring substituents is 1. The quantitative estimate of drug-likeness (QED) is 0.474. The summed E-state index contributed by atoms with van der Waals surface area (Å²) >= 11 is 0. The van der Waals surface area contributed by atoms with Crippen LogP contribution in [0.5, 0.6) is 0 Å². The molecule has 1 heterocycles. The van der Waals surface area contributed by atoms with Crippen molar-refractivity contribution >= 4 is 43.8 Å². The minimum Gasteiger partial charge on any atom is -0.376 e. The van der Waals surface area contributed by atoms with Crippen molar-refractivity contribution in [3.05, 3.63) is 52.8 Å². The highest BCUT2D eigenvalue weighted by Gasteiger charge is 2.17. The second kappa shape index (κ2) is 7.37. The zero-order valence-electron chi connectivity index (χ0n) is 15.4. The van der Waals surface area contributed by atoms with Crippen molar-refractivity contribution in [2.45, 2.75) is 4.90 Å². The van der Waals surface area contributed by atoms with Crippen LogP contribution in [0, 0.1) is 10.1 Å². The molecule has 0 unspecified atom stereocenters. The molecule has 0 amide bonds. The Hall–Kier alpha value is -3.31. The first kappa shape index (κ1) is 19.5. The molecule has 3 aromatic rings. The zero-order chi connectivity index (χ0) is 20.5. The molecule has 0 saturated carbocycles. The molecule has 11 heteroatoms. The van der Waals surface area contributed by atoms with Crippen LogP contribution < -0.4 is 14.9 Å². The fourth-order valence-electron chi connectivity index (χ4n) is 2.68. The average molecular weight is 402 g/mol. The van der Waals surface area contributed by atoms with Crippen molar-refractivity contribution in [1.29, 1.82) is 0 Å². The maximum absolute atomic E-state index is 12.2. The first-order valence-electron chi connectivity index (χ1n) is 8.14. The predicted molar refractivity (Wildman–Crippen MR) is 106 cm³/mol. The van der Waals surface area contributed by atoms with Gasteiger partial charge in [0.25, 0.3) is 5.69 Å². The number of sulfonamides is 1. The molecule has 10 nitrogen and oxygen atoms in total. The average Bonchev–Trinajstić information content (AvgIpc) is 2.67. The van der Waals surface area contributed by atoms with Crippen LogP contribution in [0.25, 0.3) is 10.9 Å². The molecule has 146 valence electrons. The molecule has 28 heavy (non-hydrogen) atoms. The molecule has 1 aromatic heterocycles. The third-order valence-corrected chi connectivity index (χ3v) is 5.52. The van der Waals surface area contributed by atoms with Gasteiger partial charge in [0.15, 0.2) is 0 Å². The van der Waals surface area contributed by atoms with Gasteiger partial charge in [0.1, 0.15) is 12.1 Å². The molecule has 0 spiro atoms. The maximum Gasteiger partial charge on any atom is 0.271 e. The van der Waals surface area contributed by atoms with Crippen LogP contribution in [-0.4, -0.2) is 44.5 Å². The van der Waals surface area contributed by atoms with Crippen LogP contribution in [0.4, 0.5) is 22.9 Å². The van der Waals surface area contributed by atoms with Gasteiger partial charge in [-0.1, -0.05) is 0 Å². The van der Waals surface area contributed by atoms with E-state index in [0.29, 0.717) is 22.4 Å². The third kappa shape index (κ3) is 3.70. The fraction of sp³-hybridized carbons (Fsp3) is 0.176. The first-order chi connectivity index (χ1) is 13.2. The number of nitro groups is 1. The Bertz CT molecular complexity index is 1160. The highest BCUT2D eigenvalue weighted by molar-refractivity contribution is 7.89. The molecule has 2 aromatic carbocycles. The molecular weight excluding hydrogens is 384 g/mol. The van der Waals surface area contributed by atoms with Crippen LogP contribution >= 0.6 is 0 Å². The number of hydrogen-bond acceptors (Lipinski definition) is 8. The summed E-state index contributed by atoms with van der Waals surface area (Å²) in [4.78, 5) is 20.7. The molecule has 0 aliphatic carbocycles. The lowest BCUT2D eigenvalue weighted by Gasteiger charge is -2.19. The van der Waals surface area contributed by atoms with Crippen LogP contribution in [-0.2, 0) is 10.0 Å². The molecule has 0 bridgehead atoms. The number of nitrogens with one attached hydrogen (secondary N) is 2. The SMILES string of the molecule is CNS(=O)(=O)c1ccc(N(C)C)c(Nc2ncnc3cc([N+](=O)[O-])ccc23)c1. The van der Waals surface area contributed by atoms with Crippen LogP contribution in [0.15, 0.2) is 47.6 Å².